The van der Waals surface area contributed by atoms with Gasteiger partial charge in [0, 0.05) is 29.9 Å². The first-order valence-electron chi connectivity index (χ1n) is 8.67. The molecule has 0 spiro atoms. The summed E-state index contributed by atoms with van der Waals surface area (Å²) < 4.78 is 6.31. The lowest BCUT2D eigenvalue weighted by molar-refractivity contribution is 0.244. The molecule has 2 saturated heterocycles. The van der Waals surface area contributed by atoms with Gasteiger partial charge in [-0.25, -0.2) is 0 Å². The van der Waals surface area contributed by atoms with Gasteiger partial charge in [-0.05, 0) is 38.3 Å². The van der Waals surface area contributed by atoms with Crippen molar-refractivity contribution in [2.45, 2.75) is 38.9 Å². The standard InChI is InChI=1S/C20H22N2O/c1-13-9-10-17-16-7-3-4-8-18(16)23-20(17)19(13)22-14(2)21-11-5-6-15(22)12-21/h3-4,7-10,14-15H,5-6,11-12H2,1-2H3. The third-order valence-corrected chi connectivity index (χ3v) is 5.73. The average molecular weight is 306 g/mol. The van der Waals surface area contributed by atoms with Crippen LogP contribution in [0.15, 0.2) is 40.8 Å². The first-order chi connectivity index (χ1) is 11.2. The molecule has 3 heterocycles. The summed E-state index contributed by atoms with van der Waals surface area (Å²) in [5, 5.41) is 2.46. The number of fused-ring (bicyclic) bond motifs is 5. The Balaban J connectivity index is 1.79. The number of hydrogen-bond acceptors (Lipinski definition) is 3. The van der Waals surface area contributed by atoms with Gasteiger partial charge in [-0.15, -0.1) is 0 Å². The molecule has 2 aromatic carbocycles. The smallest absolute Gasteiger partial charge is 0.159 e. The summed E-state index contributed by atoms with van der Waals surface area (Å²) in [6, 6.07) is 13.5. The van der Waals surface area contributed by atoms with Crippen molar-refractivity contribution in [3.05, 3.63) is 42.0 Å². The molecule has 0 radical (unpaired) electrons. The summed E-state index contributed by atoms with van der Waals surface area (Å²) in [5.41, 5.74) is 4.68. The van der Waals surface area contributed by atoms with Crippen LogP contribution in [0.4, 0.5) is 5.69 Å². The zero-order valence-electron chi connectivity index (χ0n) is 13.7. The van der Waals surface area contributed by atoms with Gasteiger partial charge in [0.15, 0.2) is 5.58 Å². The van der Waals surface area contributed by atoms with E-state index in [1.807, 2.05) is 0 Å². The van der Waals surface area contributed by atoms with Gasteiger partial charge < -0.3 is 9.32 Å². The van der Waals surface area contributed by atoms with Crippen LogP contribution >= 0.6 is 0 Å². The van der Waals surface area contributed by atoms with Crippen LogP contribution in [-0.2, 0) is 0 Å². The van der Waals surface area contributed by atoms with Crippen LogP contribution in [0.1, 0.15) is 25.3 Å². The molecule has 3 atom stereocenters. The van der Waals surface area contributed by atoms with Crippen LogP contribution in [0, 0.1) is 6.92 Å². The van der Waals surface area contributed by atoms with Crippen molar-refractivity contribution in [1.82, 2.24) is 4.90 Å². The van der Waals surface area contributed by atoms with E-state index in [1.165, 1.54) is 48.0 Å². The highest BCUT2D eigenvalue weighted by Crippen LogP contribution is 2.42. The Kier molecular flexibility index (Phi) is 2.77. The fourth-order valence-electron chi connectivity index (χ4n) is 4.59. The molecular weight excluding hydrogens is 284 g/mol. The lowest BCUT2D eigenvalue weighted by Crippen LogP contribution is -2.37. The van der Waals surface area contributed by atoms with Crippen LogP contribution < -0.4 is 4.90 Å². The molecule has 2 aliphatic rings. The molecule has 23 heavy (non-hydrogen) atoms. The van der Waals surface area contributed by atoms with Gasteiger partial charge in [0.05, 0.1) is 11.9 Å². The van der Waals surface area contributed by atoms with Crippen LogP contribution in [-0.4, -0.2) is 30.2 Å². The molecule has 118 valence electrons. The number of hydrogen-bond donors (Lipinski definition) is 0. The van der Waals surface area contributed by atoms with Gasteiger partial charge in [0.2, 0.25) is 0 Å². The number of anilines is 1. The third kappa shape index (κ3) is 1.80. The molecule has 2 bridgehead atoms. The number of rotatable bonds is 1. The fraction of sp³-hybridized carbons (Fsp3) is 0.400. The van der Waals surface area contributed by atoms with E-state index >= 15 is 0 Å². The number of benzene rings is 2. The van der Waals surface area contributed by atoms with E-state index in [0.717, 1.165) is 11.2 Å². The Morgan fingerprint density at radius 1 is 1.09 bits per heavy atom. The van der Waals surface area contributed by atoms with Gasteiger partial charge in [0.25, 0.3) is 0 Å². The largest absolute Gasteiger partial charge is 0.454 e. The molecule has 0 saturated carbocycles. The Hall–Kier alpha value is -2.00. The first kappa shape index (κ1) is 13.4. The maximum atomic E-state index is 6.31. The molecule has 3 nitrogen and oxygen atoms in total. The molecule has 3 unspecified atom stereocenters. The van der Waals surface area contributed by atoms with E-state index in [9.17, 15) is 0 Å². The molecule has 3 aromatic rings. The number of nitrogens with zero attached hydrogens (tertiary/aromatic N) is 2. The van der Waals surface area contributed by atoms with Gasteiger partial charge in [0.1, 0.15) is 5.58 Å². The van der Waals surface area contributed by atoms with Crippen molar-refractivity contribution in [2.24, 2.45) is 0 Å². The SMILES string of the molecule is Cc1ccc2c(oc3ccccc32)c1N1C2CCCN(C2)C1C. The fourth-order valence-corrected chi connectivity index (χ4v) is 4.59. The highest BCUT2D eigenvalue weighted by Gasteiger charge is 2.40. The lowest BCUT2D eigenvalue weighted by atomic mass is 10.0. The molecular formula is C20H22N2O. The molecule has 5 rings (SSSR count). The average Bonchev–Trinajstić information content (AvgIpc) is 3.04. The topological polar surface area (TPSA) is 19.6 Å². The maximum absolute atomic E-state index is 6.31. The maximum Gasteiger partial charge on any atom is 0.159 e. The number of para-hydroxylation sites is 1. The predicted molar refractivity (Wildman–Crippen MR) is 95.0 cm³/mol. The van der Waals surface area contributed by atoms with Crippen molar-refractivity contribution in [3.8, 4) is 0 Å². The molecule has 2 fully saturated rings. The summed E-state index contributed by atoms with van der Waals surface area (Å²) in [6.07, 6.45) is 3.05. The number of piperidine rings is 1. The molecule has 1 aromatic heterocycles. The van der Waals surface area contributed by atoms with Crippen LogP contribution in [0.2, 0.25) is 0 Å². The van der Waals surface area contributed by atoms with Crippen molar-refractivity contribution in [1.29, 1.82) is 0 Å². The minimum atomic E-state index is 0.458. The molecule has 0 amide bonds. The van der Waals surface area contributed by atoms with Crippen LogP contribution in [0.5, 0.6) is 0 Å². The molecule has 0 aliphatic carbocycles. The highest BCUT2D eigenvalue weighted by molar-refractivity contribution is 6.09. The zero-order valence-corrected chi connectivity index (χ0v) is 13.7. The Morgan fingerprint density at radius 3 is 2.83 bits per heavy atom. The second kappa shape index (κ2) is 4.75. The summed E-state index contributed by atoms with van der Waals surface area (Å²) in [7, 11) is 0. The van der Waals surface area contributed by atoms with E-state index in [1.54, 1.807) is 0 Å². The molecule has 3 heteroatoms. The van der Waals surface area contributed by atoms with Gasteiger partial charge in [-0.2, -0.15) is 0 Å². The van der Waals surface area contributed by atoms with Gasteiger partial charge in [-0.3, -0.25) is 4.90 Å². The summed E-state index contributed by atoms with van der Waals surface area (Å²) in [4.78, 5) is 5.22. The summed E-state index contributed by atoms with van der Waals surface area (Å²) >= 11 is 0. The van der Waals surface area contributed by atoms with E-state index in [4.69, 9.17) is 4.42 Å². The monoisotopic (exact) mass is 306 g/mol. The van der Waals surface area contributed by atoms with E-state index in [-0.39, 0.29) is 0 Å². The Labute approximate surface area is 136 Å². The van der Waals surface area contributed by atoms with Crippen molar-refractivity contribution < 1.29 is 4.42 Å². The van der Waals surface area contributed by atoms with Crippen LogP contribution in [0.25, 0.3) is 21.9 Å². The Morgan fingerprint density at radius 2 is 1.96 bits per heavy atom. The van der Waals surface area contributed by atoms with Crippen molar-refractivity contribution in [2.75, 3.05) is 18.0 Å². The molecule has 2 aliphatic heterocycles. The van der Waals surface area contributed by atoms with E-state index in [2.05, 4.69) is 60.0 Å². The minimum Gasteiger partial charge on any atom is -0.454 e. The zero-order chi connectivity index (χ0) is 15.6. The third-order valence-electron chi connectivity index (χ3n) is 5.73. The summed E-state index contributed by atoms with van der Waals surface area (Å²) in [5.74, 6) is 0. The second-order valence-electron chi connectivity index (χ2n) is 7.04. The van der Waals surface area contributed by atoms with Gasteiger partial charge in [-0.1, -0.05) is 30.3 Å². The van der Waals surface area contributed by atoms with Crippen molar-refractivity contribution >= 4 is 27.6 Å². The van der Waals surface area contributed by atoms with E-state index < -0.39 is 0 Å². The van der Waals surface area contributed by atoms with Gasteiger partial charge >= 0.3 is 0 Å². The lowest BCUT2D eigenvalue weighted by Gasteiger charge is -2.30. The quantitative estimate of drug-likeness (QED) is 0.659. The van der Waals surface area contributed by atoms with Crippen LogP contribution in [0.3, 0.4) is 0 Å². The minimum absolute atomic E-state index is 0.458. The normalized spacial score (nSPS) is 27.2. The number of aryl methyl sites for hydroxylation is 1. The Bertz CT molecular complexity index is 895. The highest BCUT2D eigenvalue weighted by atomic mass is 16.3. The molecule has 0 N–H and O–H groups in total. The second-order valence-corrected chi connectivity index (χ2v) is 7.04. The van der Waals surface area contributed by atoms with E-state index in [0.29, 0.717) is 12.2 Å². The predicted octanol–water partition coefficient (Wildman–Crippen LogP) is 4.52. The number of furan rings is 1. The van der Waals surface area contributed by atoms with Crippen molar-refractivity contribution in [3.63, 3.8) is 0 Å². The summed E-state index contributed by atoms with van der Waals surface area (Å²) in [6.45, 7) is 6.97. The first-order valence-corrected chi connectivity index (χ1v) is 8.67.